The van der Waals surface area contributed by atoms with Crippen LogP contribution >= 0.6 is 0 Å². The van der Waals surface area contributed by atoms with Crippen LogP contribution in [-0.4, -0.2) is 45.5 Å². The van der Waals surface area contributed by atoms with Crippen LogP contribution < -0.4 is 10.0 Å². The van der Waals surface area contributed by atoms with Crippen LogP contribution in [0.15, 0.2) is 0 Å². The van der Waals surface area contributed by atoms with Crippen LogP contribution in [0.3, 0.4) is 0 Å². The fraction of sp³-hybridized carbons (Fsp3) is 1.00. The Balaban J connectivity index is 2.01. The van der Waals surface area contributed by atoms with Gasteiger partial charge < -0.3 is 10.1 Å². The maximum atomic E-state index is 12.1. The molecule has 0 radical (unpaired) electrons. The maximum Gasteiger partial charge on any atom is 0.216 e. The van der Waals surface area contributed by atoms with E-state index < -0.39 is 15.6 Å². The Kier molecular flexibility index (Phi) is 3.53. The van der Waals surface area contributed by atoms with Gasteiger partial charge >= 0.3 is 0 Å². The summed E-state index contributed by atoms with van der Waals surface area (Å²) in [5, 5.41) is 2.84. The Morgan fingerprint density at radius 2 is 2.31 bits per heavy atom. The predicted molar refractivity (Wildman–Crippen MR) is 61.8 cm³/mol. The van der Waals surface area contributed by atoms with Gasteiger partial charge in [-0.25, -0.2) is 13.1 Å². The summed E-state index contributed by atoms with van der Waals surface area (Å²) in [6.45, 7) is 4.51. The third-order valence-corrected chi connectivity index (χ3v) is 5.36. The first kappa shape index (κ1) is 12.3. The third kappa shape index (κ3) is 2.74. The lowest BCUT2D eigenvalue weighted by Gasteiger charge is -2.29. The predicted octanol–water partition coefficient (Wildman–Crippen LogP) is -0.163. The highest BCUT2D eigenvalue weighted by atomic mass is 32.2. The van der Waals surface area contributed by atoms with Crippen molar-refractivity contribution in [1.29, 1.82) is 0 Å². The SMILES string of the molecule is CC1(NS(=O)(=O)C2CCCNC2)CCOC1. The highest BCUT2D eigenvalue weighted by Crippen LogP contribution is 2.21. The molecule has 2 N–H and O–H groups in total. The first-order valence-corrected chi connectivity index (χ1v) is 7.38. The summed E-state index contributed by atoms with van der Waals surface area (Å²) in [5.74, 6) is 0. The molecule has 0 aromatic rings. The standard InChI is InChI=1S/C10H20N2O3S/c1-10(4-6-15-8-10)12-16(13,14)9-3-2-5-11-7-9/h9,11-12H,2-8H2,1H3. The summed E-state index contributed by atoms with van der Waals surface area (Å²) in [4.78, 5) is 0. The molecule has 2 rings (SSSR count). The Morgan fingerprint density at radius 1 is 1.50 bits per heavy atom. The molecule has 2 unspecified atom stereocenters. The van der Waals surface area contributed by atoms with Crippen molar-refractivity contribution in [3.8, 4) is 0 Å². The second-order valence-corrected chi connectivity index (χ2v) is 6.94. The van der Waals surface area contributed by atoms with E-state index in [4.69, 9.17) is 4.74 Å². The molecule has 2 heterocycles. The molecule has 0 amide bonds. The molecular formula is C10H20N2O3S. The molecule has 0 spiro atoms. The molecule has 16 heavy (non-hydrogen) atoms. The van der Waals surface area contributed by atoms with E-state index >= 15 is 0 Å². The fourth-order valence-electron chi connectivity index (χ4n) is 2.26. The molecule has 0 aromatic heterocycles. The van der Waals surface area contributed by atoms with Crippen molar-refractivity contribution in [1.82, 2.24) is 10.0 Å². The van der Waals surface area contributed by atoms with E-state index in [1.54, 1.807) is 0 Å². The van der Waals surface area contributed by atoms with Crippen LogP contribution in [0.2, 0.25) is 0 Å². The van der Waals surface area contributed by atoms with E-state index in [1.165, 1.54) is 0 Å². The summed E-state index contributed by atoms with van der Waals surface area (Å²) >= 11 is 0. The van der Waals surface area contributed by atoms with Crippen molar-refractivity contribution in [2.45, 2.75) is 37.0 Å². The van der Waals surface area contributed by atoms with E-state index in [-0.39, 0.29) is 5.25 Å². The molecule has 2 fully saturated rings. The summed E-state index contributed by atoms with van der Waals surface area (Å²) in [7, 11) is -3.22. The van der Waals surface area contributed by atoms with Gasteiger partial charge in [0.05, 0.1) is 17.4 Å². The van der Waals surface area contributed by atoms with E-state index in [0.29, 0.717) is 19.8 Å². The van der Waals surface area contributed by atoms with Crippen molar-refractivity contribution >= 4 is 10.0 Å². The zero-order valence-electron chi connectivity index (χ0n) is 9.66. The Labute approximate surface area is 97.0 Å². The summed E-state index contributed by atoms with van der Waals surface area (Å²) in [6, 6.07) is 0. The summed E-state index contributed by atoms with van der Waals surface area (Å²) in [5.41, 5.74) is -0.406. The maximum absolute atomic E-state index is 12.1. The first-order chi connectivity index (χ1) is 7.52. The fourth-order valence-corrected chi connectivity index (χ4v) is 4.09. The van der Waals surface area contributed by atoms with Gasteiger partial charge in [0.1, 0.15) is 0 Å². The molecule has 94 valence electrons. The average Bonchev–Trinajstić information content (AvgIpc) is 2.65. The minimum Gasteiger partial charge on any atom is -0.379 e. The number of sulfonamides is 1. The molecule has 0 saturated carbocycles. The van der Waals surface area contributed by atoms with E-state index in [2.05, 4.69) is 10.0 Å². The molecular weight excluding hydrogens is 228 g/mol. The largest absolute Gasteiger partial charge is 0.379 e. The second kappa shape index (κ2) is 4.60. The Morgan fingerprint density at radius 3 is 2.88 bits per heavy atom. The van der Waals surface area contributed by atoms with Crippen LogP contribution in [0.1, 0.15) is 26.2 Å². The van der Waals surface area contributed by atoms with Crippen molar-refractivity contribution in [2.75, 3.05) is 26.3 Å². The molecule has 2 atom stereocenters. The molecule has 0 bridgehead atoms. The van der Waals surface area contributed by atoms with Gasteiger partial charge in [-0.3, -0.25) is 0 Å². The van der Waals surface area contributed by atoms with Gasteiger partial charge in [0, 0.05) is 13.2 Å². The van der Waals surface area contributed by atoms with Crippen molar-refractivity contribution < 1.29 is 13.2 Å². The monoisotopic (exact) mass is 248 g/mol. The van der Waals surface area contributed by atoms with E-state index in [1.807, 2.05) is 6.92 Å². The molecule has 2 aliphatic heterocycles. The average molecular weight is 248 g/mol. The zero-order valence-corrected chi connectivity index (χ0v) is 10.5. The second-order valence-electron chi connectivity index (χ2n) is 4.98. The van der Waals surface area contributed by atoms with Crippen LogP contribution in [0.5, 0.6) is 0 Å². The van der Waals surface area contributed by atoms with Crippen LogP contribution in [-0.2, 0) is 14.8 Å². The van der Waals surface area contributed by atoms with Gasteiger partial charge in [0.2, 0.25) is 10.0 Å². The highest BCUT2D eigenvalue weighted by Gasteiger charge is 2.37. The number of hydrogen-bond acceptors (Lipinski definition) is 4. The van der Waals surface area contributed by atoms with Gasteiger partial charge in [-0.1, -0.05) is 0 Å². The topological polar surface area (TPSA) is 67.4 Å². The molecule has 2 saturated heterocycles. The lowest BCUT2D eigenvalue weighted by Crippen LogP contribution is -2.52. The smallest absolute Gasteiger partial charge is 0.216 e. The van der Waals surface area contributed by atoms with Crippen LogP contribution in [0.4, 0.5) is 0 Å². The van der Waals surface area contributed by atoms with Crippen molar-refractivity contribution in [3.63, 3.8) is 0 Å². The van der Waals surface area contributed by atoms with Gasteiger partial charge in [0.15, 0.2) is 0 Å². The van der Waals surface area contributed by atoms with Gasteiger partial charge in [-0.15, -0.1) is 0 Å². The van der Waals surface area contributed by atoms with E-state index in [9.17, 15) is 8.42 Å². The van der Waals surface area contributed by atoms with Gasteiger partial charge in [-0.2, -0.15) is 0 Å². The van der Waals surface area contributed by atoms with Crippen molar-refractivity contribution in [3.05, 3.63) is 0 Å². The quantitative estimate of drug-likeness (QED) is 0.728. The zero-order chi connectivity index (χ0) is 11.6. The molecule has 0 aromatic carbocycles. The Bertz CT molecular complexity index is 330. The number of piperidine rings is 1. The number of rotatable bonds is 3. The minimum atomic E-state index is -3.22. The normalized spacial score (nSPS) is 36.4. The number of nitrogens with one attached hydrogen (secondary N) is 2. The number of hydrogen-bond donors (Lipinski definition) is 2. The minimum absolute atomic E-state index is 0.293. The molecule has 0 aliphatic carbocycles. The van der Waals surface area contributed by atoms with Gasteiger partial charge in [0.25, 0.3) is 0 Å². The van der Waals surface area contributed by atoms with Gasteiger partial charge in [-0.05, 0) is 32.7 Å². The van der Waals surface area contributed by atoms with Crippen LogP contribution in [0, 0.1) is 0 Å². The number of ether oxygens (including phenoxy) is 1. The first-order valence-electron chi connectivity index (χ1n) is 5.83. The molecule has 2 aliphatic rings. The highest BCUT2D eigenvalue weighted by molar-refractivity contribution is 7.90. The molecule has 5 nitrogen and oxygen atoms in total. The van der Waals surface area contributed by atoms with Crippen LogP contribution in [0.25, 0.3) is 0 Å². The molecule has 6 heteroatoms. The van der Waals surface area contributed by atoms with Crippen molar-refractivity contribution in [2.24, 2.45) is 0 Å². The third-order valence-electron chi connectivity index (χ3n) is 3.30. The summed E-state index contributed by atoms with van der Waals surface area (Å²) in [6.07, 6.45) is 2.43. The summed E-state index contributed by atoms with van der Waals surface area (Å²) < 4.78 is 32.3. The lowest BCUT2D eigenvalue weighted by molar-refractivity contribution is 0.178. The lowest BCUT2D eigenvalue weighted by atomic mass is 10.0. The van der Waals surface area contributed by atoms with E-state index in [0.717, 1.165) is 25.8 Å². The Hall–Kier alpha value is -0.170.